The van der Waals surface area contributed by atoms with Crippen LogP contribution in [0.25, 0.3) is 0 Å². The summed E-state index contributed by atoms with van der Waals surface area (Å²) in [5.41, 5.74) is 0.811. The van der Waals surface area contributed by atoms with Gasteiger partial charge in [0.1, 0.15) is 5.76 Å². The number of hydrogen-bond donors (Lipinski definition) is 0. The lowest BCUT2D eigenvalue weighted by Crippen LogP contribution is -2.06. The molecule has 0 saturated carbocycles. The Hall–Kier alpha value is -0.960. The quantitative estimate of drug-likeness (QED) is 0.513. The summed E-state index contributed by atoms with van der Waals surface area (Å²) in [5.74, 6) is 0.659. The van der Waals surface area contributed by atoms with Gasteiger partial charge in [-0.3, -0.25) is 4.79 Å². The van der Waals surface area contributed by atoms with E-state index in [1.54, 1.807) is 6.08 Å². The average molecular weight is 172 g/mol. The van der Waals surface area contributed by atoms with Crippen LogP contribution >= 0.6 is 11.8 Å². The zero-order chi connectivity index (χ0) is 7.84. The lowest BCUT2D eigenvalue weighted by atomic mass is 10.1. The molecule has 0 aromatic heterocycles. The van der Waals surface area contributed by atoms with E-state index >= 15 is 0 Å². The van der Waals surface area contributed by atoms with E-state index < -0.39 is 0 Å². The molecule has 1 aliphatic carbocycles. The maximum Gasteiger partial charge on any atom is 0.175 e. The van der Waals surface area contributed by atoms with Crippen molar-refractivity contribution in [3.63, 3.8) is 0 Å². The molecule has 0 unspecified atom stereocenters. The van der Waals surface area contributed by atoms with Crippen LogP contribution in [0.1, 0.15) is 6.42 Å². The molecular weight excluding hydrogens is 166 g/mol. The van der Waals surface area contributed by atoms with E-state index in [0.717, 1.165) is 5.70 Å². The van der Waals surface area contributed by atoms with E-state index in [4.69, 9.17) is 16.5 Å². The standard InChI is InChI=1S/C7H6ClNO2/c8-9-4-11-7-3-5(10)1-2-6(7)9/h2-3H,1,4H2. The number of nitrogens with zero attached hydrogens (tertiary/aromatic N) is 1. The SMILES string of the molecule is O=C1C=C2OCN(Cl)C2=CC1. The van der Waals surface area contributed by atoms with E-state index in [0.29, 0.717) is 18.9 Å². The highest BCUT2D eigenvalue weighted by atomic mass is 35.5. The summed E-state index contributed by atoms with van der Waals surface area (Å²) in [4.78, 5) is 10.8. The predicted octanol–water partition coefficient (Wildman–Crippen LogP) is 1.17. The Balaban J connectivity index is 2.35. The van der Waals surface area contributed by atoms with Gasteiger partial charge in [-0.15, -0.1) is 0 Å². The predicted molar refractivity (Wildman–Crippen MR) is 39.4 cm³/mol. The smallest absolute Gasteiger partial charge is 0.175 e. The van der Waals surface area contributed by atoms with Crippen molar-refractivity contribution in [2.45, 2.75) is 6.42 Å². The van der Waals surface area contributed by atoms with Crippen molar-refractivity contribution >= 4 is 17.6 Å². The summed E-state index contributed by atoms with van der Waals surface area (Å²) < 4.78 is 6.56. The normalized spacial score (nSPS) is 22.3. The zero-order valence-electron chi connectivity index (χ0n) is 5.71. The fourth-order valence-corrected chi connectivity index (χ4v) is 1.31. The highest BCUT2D eigenvalue weighted by molar-refractivity contribution is 6.15. The fourth-order valence-electron chi connectivity index (χ4n) is 1.11. The number of hydrogen-bond acceptors (Lipinski definition) is 3. The number of ether oxygens (including phenoxy) is 1. The van der Waals surface area contributed by atoms with Gasteiger partial charge < -0.3 is 4.74 Å². The summed E-state index contributed by atoms with van der Waals surface area (Å²) in [6.45, 7) is 0.326. The van der Waals surface area contributed by atoms with Gasteiger partial charge in [0.15, 0.2) is 12.5 Å². The molecule has 3 nitrogen and oxygen atoms in total. The Morgan fingerprint density at radius 3 is 3.27 bits per heavy atom. The molecule has 0 spiro atoms. The van der Waals surface area contributed by atoms with Crippen LogP contribution in [-0.2, 0) is 9.53 Å². The van der Waals surface area contributed by atoms with E-state index in [9.17, 15) is 4.79 Å². The van der Waals surface area contributed by atoms with Crippen molar-refractivity contribution in [2.75, 3.05) is 6.73 Å². The number of carbonyl (C=O) groups is 1. The number of rotatable bonds is 0. The maximum absolute atomic E-state index is 10.8. The van der Waals surface area contributed by atoms with Gasteiger partial charge in [0.25, 0.3) is 0 Å². The number of carbonyl (C=O) groups excluding carboxylic acids is 1. The van der Waals surface area contributed by atoms with Crippen LogP contribution in [0.5, 0.6) is 0 Å². The third-order valence-corrected chi connectivity index (χ3v) is 1.92. The van der Waals surface area contributed by atoms with Gasteiger partial charge >= 0.3 is 0 Å². The average Bonchev–Trinajstić information content (AvgIpc) is 2.32. The first kappa shape index (κ1) is 6.73. The molecule has 1 fully saturated rings. The Bertz CT molecular complexity index is 270. The Kier molecular flexibility index (Phi) is 1.39. The second-order valence-corrected chi connectivity index (χ2v) is 2.81. The van der Waals surface area contributed by atoms with Gasteiger partial charge in [0, 0.05) is 24.3 Å². The zero-order valence-corrected chi connectivity index (χ0v) is 6.47. The van der Waals surface area contributed by atoms with Gasteiger partial charge in [0.2, 0.25) is 0 Å². The van der Waals surface area contributed by atoms with Crippen molar-refractivity contribution in [1.29, 1.82) is 0 Å². The lowest BCUT2D eigenvalue weighted by Gasteiger charge is -2.07. The molecule has 0 radical (unpaired) electrons. The number of ketones is 1. The van der Waals surface area contributed by atoms with Crippen LogP contribution in [-0.4, -0.2) is 16.9 Å². The van der Waals surface area contributed by atoms with E-state index in [2.05, 4.69) is 0 Å². The molecule has 1 aliphatic heterocycles. The molecule has 0 aromatic carbocycles. The number of halogens is 1. The first-order chi connectivity index (χ1) is 5.27. The topological polar surface area (TPSA) is 29.5 Å². The van der Waals surface area contributed by atoms with Crippen molar-refractivity contribution in [2.24, 2.45) is 0 Å². The van der Waals surface area contributed by atoms with Crippen molar-refractivity contribution < 1.29 is 9.53 Å². The minimum absolute atomic E-state index is 0.0655. The van der Waals surface area contributed by atoms with Crippen LogP contribution in [0.4, 0.5) is 0 Å². The highest BCUT2D eigenvalue weighted by Gasteiger charge is 2.25. The van der Waals surface area contributed by atoms with Crippen molar-refractivity contribution in [3.8, 4) is 0 Å². The molecule has 1 saturated heterocycles. The molecule has 2 aliphatic rings. The first-order valence-corrected chi connectivity index (χ1v) is 3.62. The van der Waals surface area contributed by atoms with Gasteiger partial charge in [-0.2, -0.15) is 0 Å². The van der Waals surface area contributed by atoms with E-state index in [-0.39, 0.29) is 5.78 Å². The lowest BCUT2D eigenvalue weighted by molar-refractivity contribution is -0.114. The van der Waals surface area contributed by atoms with Gasteiger partial charge in [-0.05, 0) is 6.08 Å². The Labute approximate surface area is 69.0 Å². The monoisotopic (exact) mass is 171 g/mol. The minimum Gasteiger partial charge on any atom is -0.469 e. The molecule has 1 heterocycles. The Morgan fingerprint density at radius 2 is 2.45 bits per heavy atom. The first-order valence-electron chi connectivity index (χ1n) is 3.28. The molecule has 0 amide bonds. The van der Waals surface area contributed by atoms with Crippen LogP contribution in [0.2, 0.25) is 0 Å². The molecule has 4 heteroatoms. The summed E-state index contributed by atoms with van der Waals surface area (Å²) in [5, 5.41) is 0. The van der Waals surface area contributed by atoms with Crippen LogP contribution in [0.15, 0.2) is 23.6 Å². The molecular formula is C7H6ClNO2. The third kappa shape index (κ3) is 1.01. The molecule has 11 heavy (non-hydrogen) atoms. The van der Waals surface area contributed by atoms with E-state index in [1.807, 2.05) is 0 Å². The molecule has 0 atom stereocenters. The second kappa shape index (κ2) is 2.27. The molecule has 58 valence electrons. The minimum atomic E-state index is 0.0655. The maximum atomic E-state index is 10.8. The summed E-state index contributed by atoms with van der Waals surface area (Å²) in [6, 6.07) is 0. The Morgan fingerprint density at radius 1 is 1.64 bits per heavy atom. The van der Waals surface area contributed by atoms with Gasteiger partial charge in [-0.25, -0.2) is 4.42 Å². The third-order valence-electron chi connectivity index (χ3n) is 1.64. The van der Waals surface area contributed by atoms with E-state index in [1.165, 1.54) is 10.5 Å². The molecule has 0 bridgehead atoms. The van der Waals surface area contributed by atoms with Crippen molar-refractivity contribution in [1.82, 2.24) is 4.42 Å². The number of allylic oxidation sites excluding steroid dienone is 2. The highest BCUT2D eigenvalue weighted by Crippen LogP contribution is 2.29. The van der Waals surface area contributed by atoms with Crippen molar-refractivity contribution in [3.05, 3.63) is 23.6 Å². The molecule has 0 N–H and O–H groups in total. The summed E-state index contributed by atoms with van der Waals surface area (Å²) in [6.07, 6.45) is 3.68. The van der Waals surface area contributed by atoms with Crippen LogP contribution in [0, 0.1) is 0 Å². The largest absolute Gasteiger partial charge is 0.469 e. The van der Waals surface area contributed by atoms with Gasteiger partial charge in [0.05, 0.1) is 5.70 Å². The van der Waals surface area contributed by atoms with Crippen LogP contribution < -0.4 is 0 Å². The molecule has 0 aromatic rings. The van der Waals surface area contributed by atoms with Gasteiger partial charge in [-0.1, -0.05) is 0 Å². The van der Waals surface area contributed by atoms with Crippen LogP contribution in [0.3, 0.4) is 0 Å². The molecule has 2 rings (SSSR count). The second-order valence-electron chi connectivity index (χ2n) is 2.40. The fraction of sp³-hybridized carbons (Fsp3) is 0.286. The summed E-state index contributed by atoms with van der Waals surface area (Å²) in [7, 11) is 0. The summed E-state index contributed by atoms with van der Waals surface area (Å²) >= 11 is 5.72. The number of fused-ring (bicyclic) bond motifs is 1.